The van der Waals surface area contributed by atoms with E-state index in [-0.39, 0.29) is 5.41 Å². The normalized spacial score (nSPS) is 11.8. The highest BCUT2D eigenvalue weighted by Gasteiger charge is 2.22. The lowest BCUT2D eigenvalue weighted by Gasteiger charge is -2.16. The van der Waals surface area contributed by atoms with E-state index in [9.17, 15) is 0 Å². The molecule has 2 nitrogen and oxygen atoms in total. The molecule has 1 aromatic heterocycles. The Morgan fingerprint density at radius 3 is 2.40 bits per heavy atom. The van der Waals surface area contributed by atoms with E-state index in [1.165, 1.54) is 9.77 Å². The average Bonchev–Trinajstić information content (AvgIpc) is 2.81. The predicted octanol–water partition coefficient (Wildman–Crippen LogP) is 4.85. The van der Waals surface area contributed by atoms with Crippen LogP contribution in [0.15, 0.2) is 29.2 Å². The lowest BCUT2D eigenvalue weighted by Crippen LogP contribution is -2.15. The lowest BCUT2D eigenvalue weighted by molar-refractivity contribution is 0.565. The van der Waals surface area contributed by atoms with Gasteiger partial charge in [-0.25, -0.2) is 4.98 Å². The molecule has 0 aliphatic heterocycles. The van der Waals surface area contributed by atoms with Crippen LogP contribution in [-0.4, -0.2) is 4.98 Å². The summed E-state index contributed by atoms with van der Waals surface area (Å²) in [6.07, 6.45) is 0. The van der Waals surface area contributed by atoms with Crippen molar-refractivity contribution in [2.45, 2.75) is 43.4 Å². The average molecular weight is 327 g/mol. The van der Waals surface area contributed by atoms with Crippen LogP contribution in [-0.2, 0) is 17.7 Å². The molecule has 0 aliphatic rings. The fraction of sp³-hybridized carbons (Fsp3) is 0.400. The third-order valence-corrected chi connectivity index (χ3v) is 5.35. The van der Waals surface area contributed by atoms with Crippen molar-refractivity contribution >= 4 is 34.7 Å². The first kappa shape index (κ1) is 15.8. The summed E-state index contributed by atoms with van der Waals surface area (Å²) < 4.78 is 0. The molecule has 0 fully saturated rings. The van der Waals surface area contributed by atoms with Crippen molar-refractivity contribution in [1.82, 2.24) is 4.98 Å². The minimum absolute atomic E-state index is 0.0500. The van der Waals surface area contributed by atoms with Crippen molar-refractivity contribution in [3.05, 3.63) is 44.9 Å². The van der Waals surface area contributed by atoms with Gasteiger partial charge in [0, 0.05) is 26.8 Å². The van der Waals surface area contributed by atoms with Crippen LogP contribution in [0.5, 0.6) is 0 Å². The first-order valence-electron chi connectivity index (χ1n) is 6.47. The van der Waals surface area contributed by atoms with E-state index in [1.54, 1.807) is 23.1 Å². The standard InChI is InChI=1S/C15H19ClN2S2/c1-15(2,3)14-12(8-17)20-13(18-14)9-19-11-6-4-10(16)5-7-11/h4-7H,8-9,17H2,1-3H3. The summed E-state index contributed by atoms with van der Waals surface area (Å²) >= 11 is 9.39. The Labute approximate surface area is 133 Å². The fourth-order valence-corrected chi connectivity index (χ4v) is 4.04. The van der Waals surface area contributed by atoms with Gasteiger partial charge in [-0.2, -0.15) is 0 Å². The van der Waals surface area contributed by atoms with Gasteiger partial charge in [-0.1, -0.05) is 32.4 Å². The predicted molar refractivity (Wildman–Crippen MR) is 89.7 cm³/mol. The number of rotatable bonds is 4. The number of nitrogens with two attached hydrogens (primary N) is 1. The van der Waals surface area contributed by atoms with E-state index in [4.69, 9.17) is 22.3 Å². The van der Waals surface area contributed by atoms with Gasteiger partial charge in [-0.3, -0.25) is 0 Å². The van der Waals surface area contributed by atoms with E-state index in [1.807, 2.05) is 24.3 Å². The SMILES string of the molecule is CC(C)(C)c1nc(CSc2ccc(Cl)cc2)sc1CN. The molecule has 5 heteroatoms. The minimum atomic E-state index is 0.0500. The second-order valence-electron chi connectivity index (χ2n) is 5.58. The lowest BCUT2D eigenvalue weighted by atomic mass is 9.91. The van der Waals surface area contributed by atoms with E-state index >= 15 is 0 Å². The maximum Gasteiger partial charge on any atom is 0.103 e. The number of aromatic nitrogens is 1. The van der Waals surface area contributed by atoms with E-state index in [0.29, 0.717) is 6.54 Å². The molecule has 0 saturated carbocycles. The third-order valence-electron chi connectivity index (χ3n) is 2.81. The topological polar surface area (TPSA) is 38.9 Å². The number of benzene rings is 1. The van der Waals surface area contributed by atoms with Crippen LogP contribution in [0, 0.1) is 0 Å². The maximum atomic E-state index is 5.89. The van der Waals surface area contributed by atoms with Crippen LogP contribution < -0.4 is 5.73 Å². The van der Waals surface area contributed by atoms with Crippen LogP contribution in [0.1, 0.15) is 36.3 Å². The highest BCUT2D eigenvalue weighted by atomic mass is 35.5. The van der Waals surface area contributed by atoms with Gasteiger partial charge >= 0.3 is 0 Å². The largest absolute Gasteiger partial charge is 0.326 e. The van der Waals surface area contributed by atoms with Gasteiger partial charge in [-0.05, 0) is 24.3 Å². The monoisotopic (exact) mass is 326 g/mol. The molecule has 2 aromatic rings. The Morgan fingerprint density at radius 2 is 1.90 bits per heavy atom. The number of hydrogen-bond acceptors (Lipinski definition) is 4. The third kappa shape index (κ3) is 3.98. The van der Waals surface area contributed by atoms with Crippen molar-refractivity contribution < 1.29 is 0 Å². The maximum absolute atomic E-state index is 5.89. The molecular weight excluding hydrogens is 308 g/mol. The molecular formula is C15H19ClN2S2. The van der Waals surface area contributed by atoms with Gasteiger partial charge in [0.2, 0.25) is 0 Å². The molecule has 1 heterocycles. The zero-order valence-electron chi connectivity index (χ0n) is 11.9. The van der Waals surface area contributed by atoms with E-state index in [2.05, 4.69) is 20.8 Å². The second-order valence-corrected chi connectivity index (χ2v) is 8.23. The van der Waals surface area contributed by atoms with Gasteiger partial charge in [0.25, 0.3) is 0 Å². The van der Waals surface area contributed by atoms with Gasteiger partial charge in [0.15, 0.2) is 0 Å². The van der Waals surface area contributed by atoms with Gasteiger partial charge in [-0.15, -0.1) is 23.1 Å². The Morgan fingerprint density at radius 1 is 1.25 bits per heavy atom. The van der Waals surface area contributed by atoms with Crippen molar-refractivity contribution in [2.24, 2.45) is 5.73 Å². The van der Waals surface area contributed by atoms with E-state index in [0.717, 1.165) is 21.5 Å². The number of halogens is 1. The molecule has 0 spiro atoms. The smallest absolute Gasteiger partial charge is 0.103 e. The zero-order chi connectivity index (χ0) is 14.8. The summed E-state index contributed by atoms with van der Waals surface area (Å²) in [6.45, 7) is 7.10. The van der Waals surface area contributed by atoms with Gasteiger partial charge < -0.3 is 5.73 Å². The molecule has 20 heavy (non-hydrogen) atoms. The van der Waals surface area contributed by atoms with Crippen LogP contribution >= 0.6 is 34.7 Å². The minimum Gasteiger partial charge on any atom is -0.326 e. The highest BCUT2D eigenvalue weighted by molar-refractivity contribution is 7.98. The fourth-order valence-electron chi connectivity index (χ4n) is 1.86. The number of thiazole rings is 1. The van der Waals surface area contributed by atoms with Crippen molar-refractivity contribution in [1.29, 1.82) is 0 Å². The zero-order valence-corrected chi connectivity index (χ0v) is 14.3. The number of hydrogen-bond donors (Lipinski definition) is 1. The molecule has 0 atom stereocenters. The molecule has 2 rings (SSSR count). The Bertz CT molecular complexity index is 571. The summed E-state index contributed by atoms with van der Waals surface area (Å²) in [7, 11) is 0. The molecule has 108 valence electrons. The van der Waals surface area contributed by atoms with Gasteiger partial charge in [0.05, 0.1) is 11.4 Å². The quantitative estimate of drug-likeness (QED) is 0.817. The molecule has 2 N–H and O–H groups in total. The van der Waals surface area contributed by atoms with Crippen LogP contribution in [0.4, 0.5) is 0 Å². The Balaban J connectivity index is 2.10. The summed E-state index contributed by atoms with van der Waals surface area (Å²) in [5, 5.41) is 1.90. The first-order chi connectivity index (χ1) is 9.40. The Kier molecular flexibility index (Phi) is 5.13. The van der Waals surface area contributed by atoms with Gasteiger partial charge in [0.1, 0.15) is 5.01 Å². The summed E-state index contributed by atoms with van der Waals surface area (Å²) in [6, 6.07) is 7.90. The summed E-state index contributed by atoms with van der Waals surface area (Å²) in [4.78, 5) is 7.18. The van der Waals surface area contributed by atoms with Crippen molar-refractivity contribution in [3.8, 4) is 0 Å². The molecule has 0 amide bonds. The molecule has 0 radical (unpaired) electrons. The van der Waals surface area contributed by atoms with Crippen molar-refractivity contribution in [3.63, 3.8) is 0 Å². The molecule has 0 bridgehead atoms. The van der Waals surface area contributed by atoms with Crippen LogP contribution in [0.3, 0.4) is 0 Å². The van der Waals surface area contributed by atoms with E-state index < -0.39 is 0 Å². The first-order valence-corrected chi connectivity index (χ1v) is 8.65. The second kappa shape index (κ2) is 6.48. The summed E-state index contributed by atoms with van der Waals surface area (Å²) in [5.41, 5.74) is 7.02. The van der Waals surface area contributed by atoms with Crippen LogP contribution in [0.25, 0.3) is 0 Å². The highest BCUT2D eigenvalue weighted by Crippen LogP contribution is 2.32. The number of thioether (sulfide) groups is 1. The van der Waals surface area contributed by atoms with Crippen LogP contribution in [0.2, 0.25) is 5.02 Å². The van der Waals surface area contributed by atoms with Crippen molar-refractivity contribution in [2.75, 3.05) is 0 Å². The molecule has 0 saturated heterocycles. The Hall–Kier alpha value is -0.550. The molecule has 0 unspecified atom stereocenters. The summed E-state index contributed by atoms with van der Waals surface area (Å²) in [5.74, 6) is 0.870. The molecule has 0 aliphatic carbocycles. The number of nitrogens with zero attached hydrogens (tertiary/aromatic N) is 1. The molecule has 1 aromatic carbocycles.